The molecule has 0 aliphatic carbocycles. The molecule has 3 aromatic rings. The first-order valence-corrected chi connectivity index (χ1v) is 9.36. The molecule has 0 unspecified atom stereocenters. The van der Waals surface area contributed by atoms with Crippen molar-refractivity contribution in [3.8, 4) is 0 Å². The maximum atomic E-state index is 13.1. The summed E-state index contributed by atoms with van der Waals surface area (Å²) in [6, 6.07) is 13.4. The van der Waals surface area contributed by atoms with Crippen molar-refractivity contribution >= 4 is 34.4 Å². The molecule has 30 heavy (non-hydrogen) atoms. The predicted octanol–water partition coefficient (Wildman–Crippen LogP) is 4.18. The molecule has 0 atom stereocenters. The summed E-state index contributed by atoms with van der Waals surface area (Å²) in [6.45, 7) is 4.00. The zero-order valence-corrected chi connectivity index (χ0v) is 17.2. The van der Waals surface area contributed by atoms with Gasteiger partial charge in [0.1, 0.15) is 0 Å². The average Bonchev–Trinajstić information content (AvgIpc) is 2.76. The molecule has 0 bridgehead atoms. The quantitative estimate of drug-likeness (QED) is 0.639. The summed E-state index contributed by atoms with van der Waals surface area (Å²) in [7, 11) is 2.48. The van der Waals surface area contributed by atoms with Crippen LogP contribution in [0.1, 0.15) is 56.5 Å². The van der Waals surface area contributed by atoms with Gasteiger partial charge in [0.15, 0.2) is 0 Å². The number of aromatic nitrogens is 1. The molecule has 1 amide bonds. The Hall–Kier alpha value is -3.74. The zero-order valence-electron chi connectivity index (χ0n) is 17.2. The Morgan fingerprint density at radius 3 is 2.07 bits per heavy atom. The number of methoxy groups -OCH3 is 2. The second kappa shape index (κ2) is 8.73. The number of carbonyl (C=O) groups excluding carboxylic acids is 3. The summed E-state index contributed by atoms with van der Waals surface area (Å²) in [5.74, 6) is -1.51. The largest absolute Gasteiger partial charge is 0.465 e. The second-order valence-corrected chi connectivity index (χ2v) is 7.00. The third-order valence-corrected chi connectivity index (χ3v) is 4.61. The maximum Gasteiger partial charge on any atom is 0.337 e. The Balaban J connectivity index is 2.06. The highest BCUT2D eigenvalue weighted by Gasteiger charge is 2.18. The van der Waals surface area contributed by atoms with E-state index in [1.54, 1.807) is 6.07 Å². The number of fused-ring (bicyclic) bond motifs is 1. The SMILES string of the molecule is COC(=O)c1cc(NC(=O)c2cc(C(C)C)nc3ccccc23)cc(C(=O)OC)c1. The number of carbonyl (C=O) groups is 3. The number of anilines is 1. The number of pyridine rings is 1. The number of rotatable bonds is 5. The Labute approximate surface area is 174 Å². The minimum atomic E-state index is -0.632. The van der Waals surface area contributed by atoms with Crippen molar-refractivity contribution in [3.05, 3.63) is 70.9 Å². The molecule has 0 spiro atoms. The summed E-state index contributed by atoms with van der Waals surface area (Å²) >= 11 is 0. The zero-order chi connectivity index (χ0) is 21.8. The average molecular weight is 406 g/mol. The third kappa shape index (κ3) is 4.30. The van der Waals surface area contributed by atoms with Crippen LogP contribution >= 0.6 is 0 Å². The van der Waals surface area contributed by atoms with Crippen LogP contribution in [0.25, 0.3) is 10.9 Å². The molecule has 0 saturated carbocycles. The lowest BCUT2D eigenvalue weighted by molar-refractivity contribution is 0.0599. The Kier molecular flexibility index (Phi) is 6.11. The van der Waals surface area contributed by atoms with E-state index in [4.69, 9.17) is 9.47 Å². The first kappa shape index (κ1) is 21.0. The van der Waals surface area contributed by atoms with Gasteiger partial charge in [-0.25, -0.2) is 9.59 Å². The number of nitrogens with zero attached hydrogens (tertiary/aromatic N) is 1. The van der Waals surface area contributed by atoms with Crippen LogP contribution in [0, 0.1) is 0 Å². The van der Waals surface area contributed by atoms with Gasteiger partial charge in [0.25, 0.3) is 5.91 Å². The first-order valence-electron chi connectivity index (χ1n) is 9.36. The summed E-state index contributed by atoms with van der Waals surface area (Å²) < 4.78 is 9.47. The van der Waals surface area contributed by atoms with Crippen molar-refractivity contribution < 1.29 is 23.9 Å². The fourth-order valence-corrected chi connectivity index (χ4v) is 3.05. The van der Waals surface area contributed by atoms with E-state index in [0.29, 0.717) is 16.5 Å². The number of esters is 2. The highest BCUT2D eigenvalue weighted by molar-refractivity contribution is 6.13. The highest BCUT2D eigenvalue weighted by atomic mass is 16.5. The molecule has 0 fully saturated rings. The van der Waals surface area contributed by atoms with Crippen molar-refractivity contribution in [2.75, 3.05) is 19.5 Å². The Morgan fingerprint density at radius 1 is 0.900 bits per heavy atom. The number of nitrogens with one attached hydrogen (secondary N) is 1. The molecule has 1 heterocycles. The van der Waals surface area contributed by atoms with Crippen LogP contribution in [0.3, 0.4) is 0 Å². The molecule has 0 aliphatic rings. The van der Waals surface area contributed by atoms with Gasteiger partial charge in [-0.05, 0) is 36.2 Å². The van der Waals surface area contributed by atoms with Gasteiger partial charge in [0.05, 0.1) is 36.4 Å². The molecule has 0 radical (unpaired) electrons. The minimum absolute atomic E-state index is 0.123. The predicted molar refractivity (Wildman–Crippen MR) is 113 cm³/mol. The van der Waals surface area contributed by atoms with E-state index in [9.17, 15) is 14.4 Å². The summed E-state index contributed by atoms with van der Waals surface area (Å²) in [6.07, 6.45) is 0. The van der Waals surface area contributed by atoms with E-state index in [2.05, 4.69) is 10.3 Å². The van der Waals surface area contributed by atoms with Crippen molar-refractivity contribution in [3.63, 3.8) is 0 Å². The third-order valence-electron chi connectivity index (χ3n) is 4.61. The van der Waals surface area contributed by atoms with E-state index < -0.39 is 11.9 Å². The number of para-hydroxylation sites is 1. The lowest BCUT2D eigenvalue weighted by atomic mass is 10.0. The molecular weight excluding hydrogens is 384 g/mol. The summed E-state index contributed by atoms with van der Waals surface area (Å²) in [5.41, 5.74) is 2.48. The van der Waals surface area contributed by atoms with Crippen LogP contribution in [-0.2, 0) is 9.47 Å². The van der Waals surface area contributed by atoms with E-state index >= 15 is 0 Å². The van der Waals surface area contributed by atoms with Gasteiger partial charge in [-0.3, -0.25) is 9.78 Å². The molecular formula is C23H22N2O5. The van der Waals surface area contributed by atoms with Crippen molar-refractivity contribution in [1.29, 1.82) is 0 Å². The number of ether oxygens (including phenoxy) is 2. The van der Waals surface area contributed by atoms with Gasteiger partial charge in [-0.2, -0.15) is 0 Å². The van der Waals surface area contributed by atoms with Crippen molar-refractivity contribution in [2.24, 2.45) is 0 Å². The smallest absolute Gasteiger partial charge is 0.337 e. The van der Waals surface area contributed by atoms with Gasteiger partial charge in [-0.1, -0.05) is 32.0 Å². The van der Waals surface area contributed by atoms with Crippen LogP contribution in [0.4, 0.5) is 5.69 Å². The van der Waals surface area contributed by atoms with E-state index in [1.807, 2.05) is 38.1 Å². The molecule has 7 heteroatoms. The molecule has 0 aliphatic heterocycles. The van der Waals surface area contributed by atoms with Gasteiger partial charge < -0.3 is 14.8 Å². The lowest BCUT2D eigenvalue weighted by Crippen LogP contribution is -2.15. The fourth-order valence-electron chi connectivity index (χ4n) is 3.05. The number of hydrogen-bond donors (Lipinski definition) is 1. The van der Waals surface area contributed by atoms with Crippen LogP contribution in [0.15, 0.2) is 48.5 Å². The van der Waals surface area contributed by atoms with Crippen LogP contribution < -0.4 is 5.32 Å². The second-order valence-electron chi connectivity index (χ2n) is 7.00. The normalized spacial score (nSPS) is 10.7. The highest BCUT2D eigenvalue weighted by Crippen LogP contribution is 2.24. The molecule has 0 saturated heterocycles. The van der Waals surface area contributed by atoms with Crippen molar-refractivity contribution in [1.82, 2.24) is 4.98 Å². The van der Waals surface area contributed by atoms with E-state index in [1.165, 1.54) is 32.4 Å². The lowest BCUT2D eigenvalue weighted by Gasteiger charge is -2.13. The maximum absolute atomic E-state index is 13.1. The Morgan fingerprint density at radius 2 is 1.50 bits per heavy atom. The summed E-state index contributed by atoms with van der Waals surface area (Å²) in [5, 5.41) is 3.48. The molecule has 3 rings (SSSR count). The van der Waals surface area contributed by atoms with Crippen molar-refractivity contribution in [2.45, 2.75) is 19.8 Å². The minimum Gasteiger partial charge on any atom is -0.465 e. The van der Waals surface area contributed by atoms with Crippen LogP contribution in [0.5, 0.6) is 0 Å². The van der Waals surface area contributed by atoms with Gasteiger partial charge in [0.2, 0.25) is 0 Å². The number of benzene rings is 2. The fraction of sp³-hybridized carbons (Fsp3) is 0.217. The van der Waals surface area contributed by atoms with Crippen LogP contribution in [-0.4, -0.2) is 37.0 Å². The van der Waals surface area contributed by atoms with Gasteiger partial charge in [-0.15, -0.1) is 0 Å². The molecule has 1 N–H and O–H groups in total. The number of hydrogen-bond acceptors (Lipinski definition) is 6. The molecule has 7 nitrogen and oxygen atoms in total. The summed E-state index contributed by atoms with van der Waals surface area (Å²) in [4.78, 5) is 41.7. The topological polar surface area (TPSA) is 94.6 Å². The molecule has 1 aromatic heterocycles. The van der Waals surface area contributed by atoms with E-state index in [-0.39, 0.29) is 28.6 Å². The Bertz CT molecular complexity index is 1100. The standard InChI is InChI=1S/C23H22N2O5/c1-13(2)20-12-18(17-7-5-6-8-19(17)25-20)21(26)24-16-10-14(22(27)29-3)9-15(11-16)23(28)30-4/h5-13H,1-4H3,(H,24,26). The van der Waals surface area contributed by atoms with E-state index in [0.717, 1.165) is 5.69 Å². The van der Waals surface area contributed by atoms with Crippen LogP contribution in [0.2, 0.25) is 0 Å². The number of amides is 1. The van der Waals surface area contributed by atoms with Gasteiger partial charge in [0, 0.05) is 16.8 Å². The first-order chi connectivity index (χ1) is 14.3. The molecule has 154 valence electrons. The van der Waals surface area contributed by atoms with Gasteiger partial charge >= 0.3 is 11.9 Å². The molecule has 2 aromatic carbocycles. The monoisotopic (exact) mass is 406 g/mol.